The number of phenolic OH excluding ortho intramolecular Hbond substituents is 1. The molecule has 5 nitrogen and oxygen atoms in total. The van der Waals surface area contributed by atoms with Gasteiger partial charge in [-0.3, -0.25) is 0 Å². The van der Waals surface area contributed by atoms with Crippen molar-refractivity contribution in [2.24, 2.45) is 0 Å². The third-order valence-electron chi connectivity index (χ3n) is 6.59. The molecule has 0 unspecified atom stereocenters. The van der Waals surface area contributed by atoms with Crippen LogP contribution < -0.4 is 10.0 Å². The van der Waals surface area contributed by atoms with Crippen molar-refractivity contribution in [2.75, 3.05) is 44.9 Å². The molecule has 0 spiro atoms. The summed E-state index contributed by atoms with van der Waals surface area (Å²) >= 11 is 4.48. The summed E-state index contributed by atoms with van der Waals surface area (Å²) in [6, 6.07) is 6.44. The van der Waals surface area contributed by atoms with Crippen molar-refractivity contribution in [1.82, 2.24) is 0 Å². The standard InChI is InChI=1S/C27H52BrO5PSi/c1-7-13-20-34(28,21-14-8-2,22-15-9-3)27-24-25(29)17-18-26(27)30-19-16-23-35(31-10-4,32-11-5)33-12-6/h17-18,24,29H,7-16,19-23H2,1-6H3. The number of aromatic hydroxyl groups is 1. The van der Waals surface area contributed by atoms with Crippen LogP contribution in [0.5, 0.6) is 11.5 Å². The van der Waals surface area contributed by atoms with Gasteiger partial charge >= 0.3 is 225 Å². The Morgan fingerprint density at radius 3 is 1.69 bits per heavy atom. The molecule has 0 bridgehead atoms. The van der Waals surface area contributed by atoms with Gasteiger partial charge in [0, 0.05) is 0 Å². The summed E-state index contributed by atoms with van der Waals surface area (Å²) in [5.41, 5.74) is 0. The van der Waals surface area contributed by atoms with Gasteiger partial charge in [-0.1, -0.05) is 0 Å². The average molecular weight is 596 g/mol. The number of unbranched alkanes of at least 4 members (excludes halogenated alkanes) is 3. The molecule has 0 fully saturated rings. The van der Waals surface area contributed by atoms with Gasteiger partial charge in [-0.2, -0.15) is 0 Å². The van der Waals surface area contributed by atoms with E-state index >= 15 is 0 Å². The normalized spacial score (nSPS) is 13.5. The molecule has 0 saturated carbocycles. The molecular weight excluding hydrogens is 543 g/mol. The van der Waals surface area contributed by atoms with Gasteiger partial charge < -0.3 is 0 Å². The predicted octanol–water partition coefficient (Wildman–Crippen LogP) is 8.10. The Hall–Kier alpha value is -0.173. The van der Waals surface area contributed by atoms with Gasteiger partial charge in [0.1, 0.15) is 0 Å². The Balaban J connectivity index is 3.24. The van der Waals surface area contributed by atoms with Crippen LogP contribution in [0.15, 0.2) is 18.2 Å². The molecule has 0 amide bonds. The molecule has 1 rings (SSSR count). The van der Waals surface area contributed by atoms with Gasteiger partial charge in [-0.15, -0.1) is 0 Å². The second-order valence-electron chi connectivity index (χ2n) is 9.41. The zero-order valence-electron chi connectivity index (χ0n) is 23.2. The fraction of sp³-hybridized carbons (Fsp3) is 0.778. The third kappa shape index (κ3) is 9.90. The molecule has 1 aromatic rings. The van der Waals surface area contributed by atoms with Crippen LogP contribution in [0.3, 0.4) is 0 Å². The summed E-state index contributed by atoms with van der Waals surface area (Å²) in [5.74, 6) is 1.23. The van der Waals surface area contributed by atoms with Crippen LogP contribution in [0, 0.1) is 0 Å². The summed E-state index contributed by atoms with van der Waals surface area (Å²) in [7, 11) is -2.68. The van der Waals surface area contributed by atoms with E-state index in [2.05, 4.69) is 36.3 Å². The first-order valence-electron chi connectivity index (χ1n) is 13.9. The fourth-order valence-corrected chi connectivity index (χ4v) is 16.1. The van der Waals surface area contributed by atoms with Crippen LogP contribution in [-0.4, -0.2) is 58.8 Å². The molecule has 0 aliphatic heterocycles. The number of hydrogen-bond acceptors (Lipinski definition) is 5. The van der Waals surface area contributed by atoms with E-state index in [-0.39, 0.29) is 0 Å². The van der Waals surface area contributed by atoms with Crippen LogP contribution in [0.4, 0.5) is 0 Å². The molecule has 1 N–H and O–H groups in total. The molecule has 0 saturated heterocycles. The van der Waals surface area contributed by atoms with Crippen molar-refractivity contribution in [3.63, 3.8) is 0 Å². The molecule has 8 heteroatoms. The first-order chi connectivity index (χ1) is 16.8. The topological polar surface area (TPSA) is 57.2 Å². The van der Waals surface area contributed by atoms with Crippen molar-refractivity contribution in [2.45, 2.75) is 92.5 Å². The van der Waals surface area contributed by atoms with Crippen molar-refractivity contribution in [1.29, 1.82) is 0 Å². The van der Waals surface area contributed by atoms with Crippen LogP contribution in [-0.2, 0) is 13.3 Å². The molecule has 206 valence electrons. The zero-order chi connectivity index (χ0) is 26.2. The minimum atomic E-state index is -2.68. The van der Waals surface area contributed by atoms with Gasteiger partial charge in [-0.05, 0) is 0 Å². The molecule has 0 radical (unpaired) electrons. The Morgan fingerprint density at radius 1 is 0.771 bits per heavy atom. The Morgan fingerprint density at radius 2 is 1.26 bits per heavy atom. The first kappa shape index (κ1) is 32.9. The summed E-state index contributed by atoms with van der Waals surface area (Å²) in [6.07, 6.45) is 11.3. The Bertz CT molecular complexity index is 679. The van der Waals surface area contributed by atoms with Crippen LogP contribution in [0.1, 0.15) is 86.5 Å². The molecule has 35 heavy (non-hydrogen) atoms. The van der Waals surface area contributed by atoms with Crippen molar-refractivity contribution < 1.29 is 23.1 Å². The van der Waals surface area contributed by atoms with E-state index in [9.17, 15) is 5.11 Å². The molecular formula is C27H52BrO5PSi. The second kappa shape index (κ2) is 16.6. The number of hydrogen-bond donors (Lipinski definition) is 1. The van der Waals surface area contributed by atoms with Gasteiger partial charge in [0.2, 0.25) is 0 Å². The van der Waals surface area contributed by atoms with E-state index < -0.39 is 14.1 Å². The molecule has 0 aromatic heterocycles. The van der Waals surface area contributed by atoms with Gasteiger partial charge in [-0.25, -0.2) is 0 Å². The van der Waals surface area contributed by atoms with E-state index in [1.165, 1.54) is 24.6 Å². The van der Waals surface area contributed by atoms with E-state index in [4.69, 9.17) is 18.0 Å². The first-order valence-corrected chi connectivity index (χ1v) is 20.6. The van der Waals surface area contributed by atoms with Crippen LogP contribution in [0.2, 0.25) is 6.04 Å². The second-order valence-corrected chi connectivity index (χ2v) is 22.7. The van der Waals surface area contributed by atoms with E-state index in [1.54, 1.807) is 6.07 Å². The molecule has 0 heterocycles. The van der Waals surface area contributed by atoms with E-state index in [0.717, 1.165) is 56.0 Å². The third-order valence-corrected chi connectivity index (χ3v) is 19.7. The summed E-state index contributed by atoms with van der Waals surface area (Å²) in [4.78, 5) is 0. The fourth-order valence-electron chi connectivity index (χ4n) is 4.79. The number of rotatable bonds is 21. The van der Waals surface area contributed by atoms with E-state index in [1.807, 2.05) is 32.9 Å². The summed E-state index contributed by atoms with van der Waals surface area (Å²) in [6.45, 7) is 15.1. The Kier molecular flexibility index (Phi) is 15.6. The monoisotopic (exact) mass is 594 g/mol. The molecule has 1 aromatic carbocycles. The van der Waals surface area contributed by atoms with E-state index in [0.29, 0.717) is 32.2 Å². The molecule has 0 atom stereocenters. The zero-order valence-corrected chi connectivity index (χ0v) is 26.7. The molecule has 0 aliphatic carbocycles. The minimum absolute atomic E-state index is 0.320. The number of benzene rings is 1. The van der Waals surface area contributed by atoms with Crippen molar-refractivity contribution in [3.8, 4) is 11.5 Å². The number of halogens is 1. The maximum absolute atomic E-state index is 10.5. The number of ether oxygens (including phenoxy) is 1. The maximum atomic E-state index is 10.5. The Labute approximate surface area is 224 Å². The van der Waals surface area contributed by atoms with Crippen molar-refractivity contribution >= 4 is 34.9 Å². The number of phenols is 1. The van der Waals surface area contributed by atoms with Gasteiger partial charge in [0.15, 0.2) is 0 Å². The predicted molar refractivity (Wildman–Crippen MR) is 158 cm³/mol. The van der Waals surface area contributed by atoms with Crippen molar-refractivity contribution in [3.05, 3.63) is 18.2 Å². The van der Waals surface area contributed by atoms with Crippen LogP contribution >= 0.6 is 20.8 Å². The molecule has 0 aliphatic rings. The van der Waals surface area contributed by atoms with Gasteiger partial charge in [0.05, 0.1) is 0 Å². The average Bonchev–Trinajstić information content (AvgIpc) is 2.84. The summed E-state index contributed by atoms with van der Waals surface area (Å²) < 4.78 is 24.5. The van der Waals surface area contributed by atoms with Gasteiger partial charge in [0.25, 0.3) is 0 Å². The summed E-state index contributed by atoms with van der Waals surface area (Å²) in [5, 5.41) is 9.28. The SMILES string of the molecule is CCCCP(Br)(CCCC)(CCCC)c1cc(O)ccc1OCCC[Si](OCC)(OCC)OCC. The van der Waals surface area contributed by atoms with Crippen LogP contribution in [0.25, 0.3) is 0 Å². The quantitative estimate of drug-likeness (QED) is 0.0884.